The molecule has 0 radical (unpaired) electrons. The van der Waals surface area contributed by atoms with Crippen molar-refractivity contribution in [2.75, 3.05) is 13.7 Å². The normalized spacial score (nSPS) is 11.0. The van der Waals surface area contributed by atoms with E-state index in [4.69, 9.17) is 9.15 Å². The monoisotopic (exact) mass is 266 g/mol. The molecule has 2 aromatic rings. The Hall–Kier alpha value is -1.17. The number of nitrogens with one attached hydrogen (secondary N) is 1. The third-order valence-corrected chi connectivity index (χ3v) is 3.75. The minimum Gasteiger partial charge on any atom is -0.467 e. The summed E-state index contributed by atoms with van der Waals surface area (Å²) in [5, 5.41) is 3.11. The number of rotatable bonds is 7. The smallest absolute Gasteiger partial charge is 0.133 e. The molecule has 2 aromatic heterocycles. The number of thiazole rings is 1. The van der Waals surface area contributed by atoms with Gasteiger partial charge in [0.15, 0.2) is 0 Å². The number of aromatic nitrogens is 1. The van der Waals surface area contributed by atoms with Crippen LogP contribution in [-0.2, 0) is 24.3 Å². The molecule has 0 aliphatic rings. The second kappa shape index (κ2) is 6.68. The van der Waals surface area contributed by atoms with Gasteiger partial charge in [0.2, 0.25) is 0 Å². The van der Waals surface area contributed by atoms with Crippen molar-refractivity contribution in [2.45, 2.75) is 26.5 Å². The zero-order valence-corrected chi connectivity index (χ0v) is 11.5. The fourth-order valence-corrected chi connectivity index (χ4v) is 2.50. The first-order valence-corrected chi connectivity index (χ1v) is 6.85. The highest BCUT2D eigenvalue weighted by molar-refractivity contribution is 7.09. The molecule has 18 heavy (non-hydrogen) atoms. The van der Waals surface area contributed by atoms with Crippen LogP contribution >= 0.6 is 11.3 Å². The molecule has 5 heteroatoms. The minimum absolute atomic E-state index is 0.530. The Morgan fingerprint density at radius 2 is 2.39 bits per heavy atom. The van der Waals surface area contributed by atoms with E-state index in [0.29, 0.717) is 13.2 Å². The molecule has 0 unspecified atom stereocenters. The molecule has 0 saturated carbocycles. The number of ether oxygens (including phenoxy) is 1. The van der Waals surface area contributed by atoms with E-state index in [1.165, 1.54) is 4.88 Å². The molecule has 1 N–H and O–H groups in total. The van der Waals surface area contributed by atoms with Gasteiger partial charge in [0.1, 0.15) is 12.4 Å². The number of nitrogens with zero attached hydrogens (tertiary/aromatic N) is 1. The minimum atomic E-state index is 0.530. The number of hydrogen-bond acceptors (Lipinski definition) is 5. The van der Waals surface area contributed by atoms with E-state index in [2.05, 4.69) is 10.3 Å². The van der Waals surface area contributed by atoms with Gasteiger partial charge in [-0.05, 0) is 20.0 Å². The molecule has 0 fully saturated rings. The third-order valence-electron chi connectivity index (χ3n) is 2.76. The Bertz CT molecular complexity index is 479. The second-order valence-electron chi connectivity index (χ2n) is 4.06. The van der Waals surface area contributed by atoms with Crippen LogP contribution in [-0.4, -0.2) is 18.6 Å². The van der Waals surface area contributed by atoms with Crippen LogP contribution in [0.1, 0.15) is 21.9 Å². The van der Waals surface area contributed by atoms with Gasteiger partial charge < -0.3 is 14.5 Å². The van der Waals surface area contributed by atoms with Crippen molar-refractivity contribution in [3.8, 4) is 0 Å². The van der Waals surface area contributed by atoms with Gasteiger partial charge in [-0.25, -0.2) is 4.98 Å². The van der Waals surface area contributed by atoms with Crippen LogP contribution in [0.5, 0.6) is 0 Å². The van der Waals surface area contributed by atoms with Crippen LogP contribution in [0.25, 0.3) is 0 Å². The zero-order valence-electron chi connectivity index (χ0n) is 10.7. The van der Waals surface area contributed by atoms with Gasteiger partial charge in [-0.2, -0.15) is 0 Å². The summed E-state index contributed by atoms with van der Waals surface area (Å²) in [5.41, 5.74) is 4.14. The van der Waals surface area contributed by atoms with Crippen molar-refractivity contribution in [3.63, 3.8) is 0 Å². The van der Waals surface area contributed by atoms with E-state index in [9.17, 15) is 0 Å². The average Bonchev–Trinajstić information content (AvgIpc) is 2.95. The van der Waals surface area contributed by atoms with Crippen molar-refractivity contribution in [3.05, 3.63) is 39.7 Å². The van der Waals surface area contributed by atoms with Crippen LogP contribution in [0.2, 0.25) is 0 Å². The lowest BCUT2D eigenvalue weighted by atomic mass is 10.2. The van der Waals surface area contributed by atoms with Crippen LogP contribution in [0.3, 0.4) is 0 Å². The van der Waals surface area contributed by atoms with Crippen molar-refractivity contribution < 1.29 is 9.15 Å². The number of hydrogen-bond donors (Lipinski definition) is 1. The second-order valence-corrected chi connectivity index (χ2v) is 5.00. The van der Waals surface area contributed by atoms with Gasteiger partial charge in [0.05, 0.1) is 24.1 Å². The van der Waals surface area contributed by atoms with Crippen LogP contribution in [0.4, 0.5) is 0 Å². The summed E-state index contributed by atoms with van der Waals surface area (Å²) in [6, 6.07) is 1.97. The number of aryl methyl sites for hydroxylation is 1. The maximum atomic E-state index is 5.65. The molecule has 0 spiro atoms. The molecule has 0 aliphatic carbocycles. The molecule has 0 atom stereocenters. The summed E-state index contributed by atoms with van der Waals surface area (Å²) in [7, 11) is 1.92. The molecule has 2 heterocycles. The first-order chi connectivity index (χ1) is 8.81. The lowest BCUT2D eigenvalue weighted by Crippen LogP contribution is -2.07. The first-order valence-electron chi connectivity index (χ1n) is 5.98. The Labute approximate surface area is 111 Å². The van der Waals surface area contributed by atoms with Crippen LogP contribution in [0, 0.1) is 6.92 Å². The molecule has 4 nitrogen and oxygen atoms in total. The SMILES string of the molecule is CNCc1ccoc1COCCc1scnc1C. The highest BCUT2D eigenvalue weighted by atomic mass is 32.1. The number of furan rings is 1. The lowest BCUT2D eigenvalue weighted by Gasteiger charge is -2.04. The third kappa shape index (κ3) is 3.41. The van der Waals surface area contributed by atoms with Crippen molar-refractivity contribution in [1.29, 1.82) is 0 Å². The maximum Gasteiger partial charge on any atom is 0.133 e. The standard InChI is InChI=1S/C13H18N2O2S/c1-10-13(18-9-15-10)4-5-16-8-12-11(7-14-2)3-6-17-12/h3,6,9,14H,4-5,7-8H2,1-2H3. The summed E-state index contributed by atoms with van der Waals surface area (Å²) >= 11 is 1.68. The molecule has 0 aliphatic heterocycles. The maximum absolute atomic E-state index is 5.65. The Morgan fingerprint density at radius 3 is 3.11 bits per heavy atom. The van der Waals surface area contributed by atoms with E-state index in [1.54, 1.807) is 17.6 Å². The molecule has 0 aromatic carbocycles. The van der Waals surface area contributed by atoms with E-state index < -0.39 is 0 Å². The topological polar surface area (TPSA) is 47.3 Å². The van der Waals surface area contributed by atoms with E-state index in [-0.39, 0.29) is 0 Å². The summed E-state index contributed by atoms with van der Waals surface area (Å²) < 4.78 is 11.1. The molecule has 0 saturated heterocycles. The van der Waals surface area contributed by atoms with Gasteiger partial charge in [-0.3, -0.25) is 0 Å². The quantitative estimate of drug-likeness (QED) is 0.782. The van der Waals surface area contributed by atoms with E-state index >= 15 is 0 Å². The average molecular weight is 266 g/mol. The fourth-order valence-electron chi connectivity index (χ4n) is 1.74. The van der Waals surface area contributed by atoms with Gasteiger partial charge >= 0.3 is 0 Å². The van der Waals surface area contributed by atoms with Gasteiger partial charge in [-0.1, -0.05) is 0 Å². The highest BCUT2D eigenvalue weighted by Crippen LogP contribution is 2.14. The van der Waals surface area contributed by atoms with Crippen LogP contribution in [0.15, 0.2) is 22.3 Å². The van der Waals surface area contributed by atoms with Crippen molar-refractivity contribution in [1.82, 2.24) is 10.3 Å². The van der Waals surface area contributed by atoms with Crippen molar-refractivity contribution in [2.24, 2.45) is 0 Å². The fraction of sp³-hybridized carbons (Fsp3) is 0.462. The Morgan fingerprint density at radius 1 is 1.50 bits per heavy atom. The van der Waals surface area contributed by atoms with Gasteiger partial charge in [-0.15, -0.1) is 11.3 Å². The predicted molar refractivity (Wildman–Crippen MR) is 71.7 cm³/mol. The zero-order chi connectivity index (χ0) is 12.8. The highest BCUT2D eigenvalue weighted by Gasteiger charge is 2.06. The van der Waals surface area contributed by atoms with E-state index in [0.717, 1.165) is 30.0 Å². The molecule has 98 valence electrons. The molecule has 0 bridgehead atoms. The summed E-state index contributed by atoms with van der Waals surface area (Å²) in [4.78, 5) is 5.52. The molecular formula is C13H18N2O2S. The summed E-state index contributed by atoms with van der Waals surface area (Å²) in [6.45, 7) is 4.07. The lowest BCUT2D eigenvalue weighted by molar-refractivity contribution is 0.108. The van der Waals surface area contributed by atoms with E-state index in [1.807, 2.05) is 25.5 Å². The first kappa shape index (κ1) is 13.3. The molecule has 0 amide bonds. The Kier molecular flexibility index (Phi) is 4.92. The largest absolute Gasteiger partial charge is 0.467 e. The van der Waals surface area contributed by atoms with Gasteiger partial charge in [0.25, 0.3) is 0 Å². The molecular weight excluding hydrogens is 248 g/mol. The van der Waals surface area contributed by atoms with Crippen molar-refractivity contribution >= 4 is 11.3 Å². The van der Waals surface area contributed by atoms with Crippen LogP contribution < -0.4 is 5.32 Å². The van der Waals surface area contributed by atoms with Gasteiger partial charge in [0, 0.05) is 23.4 Å². The Balaban J connectivity index is 1.75. The molecule has 2 rings (SSSR count). The predicted octanol–water partition coefficient (Wildman–Crippen LogP) is 2.52. The summed E-state index contributed by atoms with van der Waals surface area (Å²) in [5.74, 6) is 0.908. The summed E-state index contributed by atoms with van der Waals surface area (Å²) in [6.07, 6.45) is 2.62.